The Morgan fingerprint density at radius 1 is 1.56 bits per heavy atom. The predicted molar refractivity (Wildman–Crippen MR) is 68.5 cm³/mol. The average molecular weight is 239 g/mol. The molecule has 0 saturated heterocycles. The molecule has 2 rings (SSSR count). The number of nitrogens with zero attached hydrogens (tertiary/aromatic N) is 1. The van der Waals surface area contributed by atoms with Gasteiger partial charge in [-0.3, -0.25) is 0 Å². The number of rotatable bonds is 5. The third kappa shape index (κ3) is 2.62. The molecule has 1 aromatic rings. The average Bonchev–Trinajstić information content (AvgIpc) is 2.68. The van der Waals surface area contributed by atoms with E-state index in [-0.39, 0.29) is 11.1 Å². The van der Waals surface area contributed by atoms with Crippen molar-refractivity contribution in [2.24, 2.45) is 5.73 Å². The molecule has 0 atom stereocenters. The van der Waals surface area contributed by atoms with Gasteiger partial charge in [0, 0.05) is 17.1 Å². The summed E-state index contributed by atoms with van der Waals surface area (Å²) in [5, 5.41) is 6.72. The summed E-state index contributed by atoms with van der Waals surface area (Å²) in [6.45, 7) is 5.33. The lowest BCUT2D eigenvalue weighted by atomic mass is 9.75. The molecule has 0 aliphatic heterocycles. The molecule has 0 spiro atoms. The molecular formula is C12H21N3S. The summed E-state index contributed by atoms with van der Waals surface area (Å²) in [5.41, 5.74) is 6.28. The minimum atomic E-state index is -0.0335. The van der Waals surface area contributed by atoms with Crippen LogP contribution in [0.4, 0.5) is 0 Å². The quantitative estimate of drug-likeness (QED) is 0.828. The summed E-state index contributed by atoms with van der Waals surface area (Å²) < 4.78 is 0. The molecule has 90 valence electrons. The first kappa shape index (κ1) is 12.0. The smallest absolute Gasteiger partial charge is 0.112 e. The molecule has 16 heavy (non-hydrogen) atoms. The zero-order valence-electron chi connectivity index (χ0n) is 10.1. The van der Waals surface area contributed by atoms with E-state index in [1.165, 1.54) is 19.3 Å². The Balaban J connectivity index is 1.81. The van der Waals surface area contributed by atoms with Gasteiger partial charge < -0.3 is 11.1 Å². The van der Waals surface area contributed by atoms with Crippen LogP contribution in [0.1, 0.15) is 44.5 Å². The van der Waals surface area contributed by atoms with E-state index in [2.05, 4.69) is 24.1 Å². The fourth-order valence-electron chi connectivity index (χ4n) is 2.11. The van der Waals surface area contributed by atoms with Gasteiger partial charge >= 0.3 is 0 Å². The normalized spacial score (nSPS) is 19.4. The molecule has 1 saturated carbocycles. The SMILES string of the molecule is CC(C)(NCCC1(N)CCC1)c1nccs1. The number of hydrogen-bond donors (Lipinski definition) is 2. The highest BCUT2D eigenvalue weighted by Crippen LogP contribution is 2.32. The number of aromatic nitrogens is 1. The van der Waals surface area contributed by atoms with Gasteiger partial charge in [0.25, 0.3) is 0 Å². The van der Waals surface area contributed by atoms with Gasteiger partial charge in [-0.25, -0.2) is 4.98 Å². The number of hydrogen-bond acceptors (Lipinski definition) is 4. The molecule has 1 heterocycles. The van der Waals surface area contributed by atoms with Crippen LogP contribution >= 0.6 is 11.3 Å². The van der Waals surface area contributed by atoms with Crippen molar-refractivity contribution >= 4 is 11.3 Å². The fraction of sp³-hybridized carbons (Fsp3) is 0.750. The highest BCUT2D eigenvalue weighted by molar-refractivity contribution is 7.09. The summed E-state index contributed by atoms with van der Waals surface area (Å²) in [7, 11) is 0. The summed E-state index contributed by atoms with van der Waals surface area (Å²) in [6.07, 6.45) is 6.60. The zero-order chi connectivity index (χ0) is 11.6. The van der Waals surface area contributed by atoms with E-state index in [0.717, 1.165) is 18.0 Å². The molecule has 0 radical (unpaired) electrons. The van der Waals surface area contributed by atoms with Crippen LogP contribution in [0.5, 0.6) is 0 Å². The first-order chi connectivity index (χ1) is 7.52. The second kappa shape index (κ2) is 4.43. The van der Waals surface area contributed by atoms with Crippen molar-refractivity contribution < 1.29 is 0 Å². The Hall–Kier alpha value is -0.450. The van der Waals surface area contributed by atoms with Crippen molar-refractivity contribution in [1.82, 2.24) is 10.3 Å². The van der Waals surface area contributed by atoms with Crippen molar-refractivity contribution in [1.29, 1.82) is 0 Å². The van der Waals surface area contributed by atoms with E-state index in [0.29, 0.717) is 0 Å². The molecule has 1 fully saturated rings. The maximum Gasteiger partial charge on any atom is 0.112 e. The number of thiazole rings is 1. The highest BCUT2D eigenvalue weighted by atomic mass is 32.1. The maximum absolute atomic E-state index is 6.20. The second-order valence-corrected chi connectivity index (χ2v) is 6.25. The molecule has 1 aliphatic rings. The lowest BCUT2D eigenvalue weighted by Gasteiger charge is -2.39. The fourth-order valence-corrected chi connectivity index (χ4v) is 2.85. The van der Waals surface area contributed by atoms with Gasteiger partial charge in [-0.05, 0) is 46.1 Å². The first-order valence-corrected chi connectivity index (χ1v) is 6.84. The monoisotopic (exact) mass is 239 g/mol. The van der Waals surface area contributed by atoms with E-state index < -0.39 is 0 Å². The molecule has 4 heteroatoms. The van der Waals surface area contributed by atoms with Gasteiger partial charge in [-0.1, -0.05) is 0 Å². The van der Waals surface area contributed by atoms with Crippen molar-refractivity contribution in [3.8, 4) is 0 Å². The summed E-state index contributed by atoms with van der Waals surface area (Å²) in [5.74, 6) is 0. The molecular weight excluding hydrogens is 218 g/mol. The van der Waals surface area contributed by atoms with Gasteiger partial charge in [-0.15, -0.1) is 11.3 Å². The highest BCUT2D eigenvalue weighted by Gasteiger charge is 2.32. The molecule has 1 aromatic heterocycles. The Morgan fingerprint density at radius 2 is 2.31 bits per heavy atom. The van der Waals surface area contributed by atoms with Crippen LogP contribution in [0.3, 0.4) is 0 Å². The topological polar surface area (TPSA) is 50.9 Å². The van der Waals surface area contributed by atoms with E-state index >= 15 is 0 Å². The van der Waals surface area contributed by atoms with Crippen LogP contribution < -0.4 is 11.1 Å². The molecule has 1 aliphatic carbocycles. The third-order valence-corrected chi connectivity index (χ3v) is 4.60. The molecule has 0 unspecified atom stereocenters. The Labute approximate surface area is 101 Å². The zero-order valence-corrected chi connectivity index (χ0v) is 10.9. The van der Waals surface area contributed by atoms with Gasteiger partial charge in [0.1, 0.15) is 5.01 Å². The van der Waals surface area contributed by atoms with E-state index in [4.69, 9.17) is 5.73 Å². The van der Waals surface area contributed by atoms with Crippen molar-refractivity contribution in [3.05, 3.63) is 16.6 Å². The van der Waals surface area contributed by atoms with Gasteiger partial charge in [0.05, 0.1) is 5.54 Å². The number of nitrogens with two attached hydrogens (primary N) is 1. The van der Waals surface area contributed by atoms with Crippen molar-refractivity contribution in [2.45, 2.75) is 50.6 Å². The van der Waals surface area contributed by atoms with Crippen LogP contribution in [0.25, 0.3) is 0 Å². The standard InChI is InChI=1S/C12H21N3S/c1-11(2,10-14-8-9-16-10)15-7-6-12(13)4-3-5-12/h8-9,15H,3-7,13H2,1-2H3. The lowest BCUT2D eigenvalue weighted by molar-refractivity contribution is 0.220. The minimum absolute atomic E-state index is 0.0335. The van der Waals surface area contributed by atoms with Crippen LogP contribution in [0.2, 0.25) is 0 Å². The summed E-state index contributed by atoms with van der Waals surface area (Å²) >= 11 is 1.70. The molecule has 3 N–H and O–H groups in total. The summed E-state index contributed by atoms with van der Waals surface area (Å²) in [4.78, 5) is 4.36. The van der Waals surface area contributed by atoms with Crippen molar-refractivity contribution in [3.63, 3.8) is 0 Å². The van der Waals surface area contributed by atoms with Crippen LogP contribution in [-0.4, -0.2) is 17.1 Å². The predicted octanol–water partition coefficient (Wildman–Crippen LogP) is 2.24. The largest absolute Gasteiger partial charge is 0.325 e. The molecule has 0 amide bonds. The van der Waals surface area contributed by atoms with Gasteiger partial charge in [0.2, 0.25) is 0 Å². The van der Waals surface area contributed by atoms with Crippen LogP contribution in [0.15, 0.2) is 11.6 Å². The second-order valence-electron chi connectivity index (χ2n) is 5.35. The van der Waals surface area contributed by atoms with E-state index in [9.17, 15) is 0 Å². The Bertz CT molecular complexity index is 328. The maximum atomic E-state index is 6.20. The first-order valence-electron chi connectivity index (χ1n) is 5.96. The Morgan fingerprint density at radius 3 is 2.81 bits per heavy atom. The van der Waals surface area contributed by atoms with Gasteiger partial charge in [-0.2, -0.15) is 0 Å². The molecule has 3 nitrogen and oxygen atoms in total. The van der Waals surface area contributed by atoms with Crippen molar-refractivity contribution in [2.75, 3.05) is 6.54 Å². The lowest BCUT2D eigenvalue weighted by Crippen LogP contribution is -2.49. The number of nitrogens with one attached hydrogen (secondary N) is 1. The third-order valence-electron chi connectivity index (χ3n) is 3.51. The van der Waals surface area contributed by atoms with Gasteiger partial charge in [0.15, 0.2) is 0 Å². The summed E-state index contributed by atoms with van der Waals surface area (Å²) in [6, 6.07) is 0. The minimum Gasteiger partial charge on any atom is -0.325 e. The Kier molecular flexibility index (Phi) is 3.33. The van der Waals surface area contributed by atoms with E-state index in [1.54, 1.807) is 11.3 Å². The van der Waals surface area contributed by atoms with E-state index in [1.807, 2.05) is 11.6 Å². The molecule has 0 bridgehead atoms. The molecule has 0 aromatic carbocycles. The van der Waals surface area contributed by atoms with Crippen LogP contribution in [-0.2, 0) is 5.54 Å². The van der Waals surface area contributed by atoms with Crippen LogP contribution in [0, 0.1) is 0 Å².